The predicted octanol–water partition coefficient (Wildman–Crippen LogP) is 3.62. The number of nitrogens with zero attached hydrogens (tertiary/aromatic N) is 4. The van der Waals surface area contributed by atoms with E-state index in [4.69, 9.17) is 19.9 Å². The maximum Gasteiger partial charge on any atom is 0.290 e. The van der Waals surface area contributed by atoms with Gasteiger partial charge in [0.2, 0.25) is 11.8 Å². The van der Waals surface area contributed by atoms with Crippen LogP contribution in [0.1, 0.15) is 77.9 Å². The first-order chi connectivity index (χ1) is 20.0. The number of hydrogen-bond acceptors (Lipinski definition) is 7. The predicted molar refractivity (Wildman–Crippen MR) is 151 cm³/mol. The molecule has 1 aliphatic carbocycles. The molecule has 0 radical (unpaired) electrons. The van der Waals surface area contributed by atoms with Gasteiger partial charge in [-0.05, 0) is 92.1 Å². The fourth-order valence-corrected chi connectivity index (χ4v) is 6.44. The van der Waals surface area contributed by atoms with Crippen LogP contribution in [0.3, 0.4) is 0 Å². The van der Waals surface area contributed by atoms with Gasteiger partial charge >= 0.3 is 0 Å². The molecule has 2 saturated heterocycles. The summed E-state index contributed by atoms with van der Waals surface area (Å²) in [7, 11) is 0. The molecule has 10 heteroatoms. The number of likely N-dealkylation sites (tertiary alicyclic amines) is 1. The third-order valence-corrected chi connectivity index (χ3v) is 8.76. The molecular weight excluding hydrogens is 522 g/mol. The zero-order valence-corrected chi connectivity index (χ0v) is 22.8. The van der Waals surface area contributed by atoms with Gasteiger partial charge in [-0.3, -0.25) is 34.4 Å². The highest BCUT2D eigenvalue weighted by atomic mass is 16.3. The van der Waals surface area contributed by atoms with Gasteiger partial charge in [0.25, 0.3) is 12.4 Å². The fourth-order valence-electron chi connectivity index (χ4n) is 6.44. The number of aromatic nitrogens is 2. The van der Waals surface area contributed by atoms with Crippen LogP contribution in [0.4, 0.5) is 0 Å². The normalized spacial score (nSPS) is 20.8. The van der Waals surface area contributed by atoms with Crippen LogP contribution in [-0.4, -0.2) is 68.2 Å². The van der Waals surface area contributed by atoms with Crippen molar-refractivity contribution in [3.05, 3.63) is 58.8 Å². The Morgan fingerprint density at radius 3 is 2.49 bits per heavy atom. The number of imide groups is 1. The van der Waals surface area contributed by atoms with Crippen LogP contribution >= 0.6 is 0 Å². The van der Waals surface area contributed by atoms with Crippen molar-refractivity contribution >= 4 is 35.2 Å². The molecule has 7 rings (SSSR count). The molecule has 212 valence electrons. The smallest absolute Gasteiger partial charge is 0.290 e. The molecule has 1 unspecified atom stereocenters. The quantitative estimate of drug-likeness (QED) is 0.360. The molecule has 41 heavy (non-hydrogen) atoms. The molecule has 3 amide bonds. The van der Waals surface area contributed by atoms with E-state index in [-0.39, 0.29) is 30.6 Å². The Kier molecular flexibility index (Phi) is 7.49. The molecule has 0 spiro atoms. The highest BCUT2D eigenvalue weighted by Crippen LogP contribution is 2.40. The van der Waals surface area contributed by atoms with Crippen molar-refractivity contribution < 1.29 is 24.3 Å². The van der Waals surface area contributed by atoms with E-state index in [9.17, 15) is 14.4 Å². The van der Waals surface area contributed by atoms with Gasteiger partial charge in [0.1, 0.15) is 6.04 Å². The summed E-state index contributed by atoms with van der Waals surface area (Å²) in [5, 5.41) is 9.26. The van der Waals surface area contributed by atoms with Gasteiger partial charge in [0.15, 0.2) is 0 Å². The molecule has 2 aromatic heterocycles. The minimum atomic E-state index is -0.613. The molecular formula is C31H33N5O5. The molecule has 3 fully saturated rings. The van der Waals surface area contributed by atoms with Crippen molar-refractivity contribution in [3.8, 4) is 11.3 Å². The van der Waals surface area contributed by atoms with Gasteiger partial charge in [-0.2, -0.15) is 0 Å². The van der Waals surface area contributed by atoms with Crippen LogP contribution in [-0.2, 0) is 27.5 Å². The van der Waals surface area contributed by atoms with Crippen molar-refractivity contribution in [3.63, 3.8) is 0 Å². The van der Waals surface area contributed by atoms with E-state index in [1.165, 1.54) is 43.2 Å². The summed E-state index contributed by atoms with van der Waals surface area (Å²) in [4.78, 5) is 59.7. The van der Waals surface area contributed by atoms with Crippen LogP contribution in [0.15, 0.2) is 36.5 Å². The monoisotopic (exact) mass is 555 g/mol. The molecule has 3 aliphatic heterocycles. The average Bonchev–Trinajstić information content (AvgIpc) is 3.56. The number of pyridine rings is 2. The van der Waals surface area contributed by atoms with Gasteiger partial charge in [-0.1, -0.05) is 12.5 Å². The van der Waals surface area contributed by atoms with E-state index in [1.54, 1.807) is 4.90 Å². The second-order valence-electron chi connectivity index (χ2n) is 11.3. The van der Waals surface area contributed by atoms with Gasteiger partial charge in [0.05, 0.1) is 16.7 Å². The minimum Gasteiger partial charge on any atom is -0.483 e. The zero-order chi connectivity index (χ0) is 28.5. The second-order valence-corrected chi connectivity index (χ2v) is 11.3. The summed E-state index contributed by atoms with van der Waals surface area (Å²) in [6.45, 7) is 3.19. The topological polar surface area (TPSA) is 133 Å². The summed E-state index contributed by atoms with van der Waals surface area (Å²) >= 11 is 0. The summed E-state index contributed by atoms with van der Waals surface area (Å²) in [6.07, 6.45) is 8.68. The number of fused-ring (bicyclic) bond motifs is 2. The number of rotatable bonds is 5. The van der Waals surface area contributed by atoms with E-state index in [0.717, 1.165) is 47.5 Å². The number of benzene rings is 1. The van der Waals surface area contributed by atoms with E-state index in [1.807, 2.05) is 24.4 Å². The number of nitrogens with one attached hydrogen (secondary N) is 1. The van der Waals surface area contributed by atoms with Crippen molar-refractivity contribution in [2.24, 2.45) is 0 Å². The maximum absolute atomic E-state index is 13.2. The Morgan fingerprint density at radius 2 is 1.78 bits per heavy atom. The van der Waals surface area contributed by atoms with Gasteiger partial charge in [-0.15, -0.1) is 0 Å². The van der Waals surface area contributed by atoms with E-state index >= 15 is 0 Å². The number of piperidine rings is 1. The third kappa shape index (κ3) is 5.19. The Bertz CT molecular complexity index is 1530. The molecule has 1 saturated carbocycles. The van der Waals surface area contributed by atoms with Crippen LogP contribution in [0.25, 0.3) is 22.3 Å². The SMILES string of the molecule is O=C1CCC(N2Cc3cc(-c4cc(CN5CCCC5)c5nccc(C6CCC6)c5n4)ccc3C2=O)C(=O)N1.O=CO. The van der Waals surface area contributed by atoms with Gasteiger partial charge in [-0.25, -0.2) is 4.98 Å². The van der Waals surface area contributed by atoms with Gasteiger partial charge < -0.3 is 10.0 Å². The number of carbonyl (C=O) groups is 4. The Balaban J connectivity index is 0.000000967. The third-order valence-electron chi connectivity index (χ3n) is 8.76. The lowest BCUT2D eigenvalue weighted by Gasteiger charge is -2.29. The average molecular weight is 556 g/mol. The highest BCUT2D eigenvalue weighted by molar-refractivity contribution is 6.05. The number of carbonyl (C=O) groups excluding carboxylic acids is 3. The molecule has 5 heterocycles. The Morgan fingerprint density at radius 1 is 1.00 bits per heavy atom. The van der Waals surface area contributed by atoms with E-state index in [2.05, 4.69) is 22.3 Å². The number of amides is 3. The summed E-state index contributed by atoms with van der Waals surface area (Å²) in [6, 6.07) is 9.58. The lowest BCUT2D eigenvalue weighted by atomic mass is 9.79. The zero-order valence-electron chi connectivity index (χ0n) is 22.8. The van der Waals surface area contributed by atoms with Crippen molar-refractivity contribution in [1.82, 2.24) is 25.1 Å². The lowest BCUT2D eigenvalue weighted by Crippen LogP contribution is -2.52. The highest BCUT2D eigenvalue weighted by Gasteiger charge is 2.39. The molecule has 3 aromatic rings. The van der Waals surface area contributed by atoms with Gasteiger partial charge in [0, 0.05) is 36.8 Å². The van der Waals surface area contributed by atoms with Crippen molar-refractivity contribution in [2.45, 2.75) is 70.0 Å². The maximum atomic E-state index is 13.2. The largest absolute Gasteiger partial charge is 0.483 e. The summed E-state index contributed by atoms with van der Waals surface area (Å²) in [5.74, 6) is -0.275. The first-order valence-electron chi connectivity index (χ1n) is 14.3. The van der Waals surface area contributed by atoms with Crippen molar-refractivity contribution in [2.75, 3.05) is 13.1 Å². The van der Waals surface area contributed by atoms with Crippen LogP contribution in [0.2, 0.25) is 0 Å². The number of carboxylic acid groups (broad SMARTS) is 1. The molecule has 1 atom stereocenters. The fraction of sp³-hybridized carbons (Fsp3) is 0.419. The number of hydrogen-bond donors (Lipinski definition) is 2. The van der Waals surface area contributed by atoms with E-state index in [0.29, 0.717) is 24.4 Å². The van der Waals surface area contributed by atoms with E-state index < -0.39 is 6.04 Å². The lowest BCUT2D eigenvalue weighted by molar-refractivity contribution is -0.137. The molecule has 4 aliphatic rings. The molecule has 10 nitrogen and oxygen atoms in total. The Labute approximate surface area is 237 Å². The van der Waals surface area contributed by atoms with Crippen LogP contribution in [0.5, 0.6) is 0 Å². The first kappa shape index (κ1) is 27.0. The Hall–Kier alpha value is -4.18. The summed E-state index contributed by atoms with van der Waals surface area (Å²) in [5.41, 5.74) is 7.89. The minimum absolute atomic E-state index is 0.154. The summed E-state index contributed by atoms with van der Waals surface area (Å²) < 4.78 is 0. The van der Waals surface area contributed by atoms with Crippen LogP contribution in [0, 0.1) is 0 Å². The first-order valence-corrected chi connectivity index (χ1v) is 14.3. The van der Waals surface area contributed by atoms with Crippen LogP contribution < -0.4 is 5.32 Å². The standard InChI is InChI=1S/C30H31N5O3.CH2O2/c36-26-9-8-25(29(37)33-26)35-17-20-14-19(6-7-23(20)30(35)38)24-15-21(16-34-12-1-2-13-34)27-28(32-24)22(10-11-31-27)18-4-3-5-18;2-1-3/h6-7,10-11,14-15,18,25H,1-5,8-9,12-13,16-17H2,(H,33,36,37);1H,(H,2,3). The molecule has 2 N–H and O–H groups in total. The van der Waals surface area contributed by atoms with Crippen molar-refractivity contribution in [1.29, 1.82) is 0 Å². The molecule has 1 aromatic carbocycles. The second kappa shape index (κ2) is 11.4. The molecule has 0 bridgehead atoms.